The zero-order valence-electron chi connectivity index (χ0n) is 11.9. The van der Waals surface area contributed by atoms with E-state index in [-0.39, 0.29) is 0 Å². The van der Waals surface area contributed by atoms with Crippen LogP contribution in [-0.4, -0.2) is 14.7 Å². The highest BCUT2D eigenvalue weighted by Gasteiger charge is 2.10. The van der Waals surface area contributed by atoms with Crippen molar-refractivity contribution >= 4 is 21.2 Å². The SMILES string of the molecule is Cc1ccsc1C(C)NCc1ccc(S(C)(=O)=O)cc1. The molecular formula is C15H19NO2S2. The van der Waals surface area contributed by atoms with Crippen LogP contribution in [0, 0.1) is 6.92 Å². The summed E-state index contributed by atoms with van der Waals surface area (Å²) in [7, 11) is -3.11. The summed E-state index contributed by atoms with van der Waals surface area (Å²) in [5.41, 5.74) is 2.39. The summed E-state index contributed by atoms with van der Waals surface area (Å²) in [6, 6.07) is 9.46. The number of nitrogens with one attached hydrogen (secondary N) is 1. The van der Waals surface area contributed by atoms with E-state index < -0.39 is 9.84 Å². The number of aryl methyl sites for hydroxylation is 1. The van der Waals surface area contributed by atoms with E-state index in [9.17, 15) is 8.42 Å². The molecule has 0 aliphatic rings. The highest BCUT2D eigenvalue weighted by atomic mass is 32.2. The van der Waals surface area contributed by atoms with E-state index in [1.807, 2.05) is 12.1 Å². The van der Waals surface area contributed by atoms with E-state index in [4.69, 9.17) is 0 Å². The van der Waals surface area contributed by atoms with E-state index in [1.165, 1.54) is 16.7 Å². The summed E-state index contributed by atoms with van der Waals surface area (Å²) in [5, 5.41) is 5.56. The monoisotopic (exact) mass is 309 g/mol. The van der Waals surface area contributed by atoms with Crippen molar-refractivity contribution in [2.75, 3.05) is 6.26 Å². The molecule has 2 aromatic rings. The molecule has 2 rings (SSSR count). The normalized spacial score (nSPS) is 13.3. The predicted molar refractivity (Wildman–Crippen MR) is 83.9 cm³/mol. The number of benzene rings is 1. The standard InChI is InChI=1S/C15H19NO2S2/c1-11-8-9-19-15(11)12(2)16-10-13-4-6-14(7-5-13)20(3,17)18/h4-9,12,16H,10H2,1-3H3. The number of thiophene rings is 1. The van der Waals surface area contributed by atoms with E-state index >= 15 is 0 Å². The van der Waals surface area contributed by atoms with Gasteiger partial charge in [0.1, 0.15) is 0 Å². The number of hydrogen-bond donors (Lipinski definition) is 1. The predicted octanol–water partition coefficient (Wildman–Crippen LogP) is 3.31. The van der Waals surface area contributed by atoms with E-state index in [0.717, 1.165) is 12.1 Å². The molecule has 0 radical (unpaired) electrons. The Hall–Kier alpha value is -1.17. The molecule has 0 spiro atoms. The van der Waals surface area contributed by atoms with Gasteiger partial charge in [0.25, 0.3) is 0 Å². The minimum Gasteiger partial charge on any atom is -0.305 e. The van der Waals surface area contributed by atoms with Gasteiger partial charge in [-0.3, -0.25) is 0 Å². The van der Waals surface area contributed by atoms with Crippen molar-refractivity contribution in [1.82, 2.24) is 5.32 Å². The molecule has 1 aromatic carbocycles. The Balaban J connectivity index is 2.00. The van der Waals surface area contributed by atoms with Gasteiger partial charge in [0, 0.05) is 23.7 Å². The molecule has 0 amide bonds. The van der Waals surface area contributed by atoms with Crippen LogP contribution in [0.15, 0.2) is 40.6 Å². The average molecular weight is 309 g/mol. The zero-order valence-corrected chi connectivity index (χ0v) is 13.5. The molecule has 20 heavy (non-hydrogen) atoms. The lowest BCUT2D eigenvalue weighted by Gasteiger charge is -2.13. The average Bonchev–Trinajstić information content (AvgIpc) is 2.82. The Bertz CT molecular complexity index is 672. The van der Waals surface area contributed by atoms with Crippen molar-refractivity contribution in [3.8, 4) is 0 Å². The minimum absolute atomic E-state index is 0.296. The molecule has 5 heteroatoms. The van der Waals surface area contributed by atoms with Gasteiger partial charge in [-0.1, -0.05) is 12.1 Å². The van der Waals surface area contributed by atoms with Gasteiger partial charge in [-0.15, -0.1) is 11.3 Å². The zero-order chi connectivity index (χ0) is 14.8. The van der Waals surface area contributed by atoms with Gasteiger partial charge < -0.3 is 5.32 Å². The lowest BCUT2D eigenvalue weighted by molar-refractivity contribution is 0.580. The molecule has 0 fully saturated rings. The fourth-order valence-electron chi connectivity index (χ4n) is 2.05. The summed E-state index contributed by atoms with van der Waals surface area (Å²) in [5.74, 6) is 0. The summed E-state index contributed by atoms with van der Waals surface area (Å²) in [6.07, 6.45) is 1.22. The van der Waals surface area contributed by atoms with Crippen molar-refractivity contribution in [3.63, 3.8) is 0 Å². The number of sulfone groups is 1. The van der Waals surface area contributed by atoms with Gasteiger partial charge >= 0.3 is 0 Å². The fourth-order valence-corrected chi connectivity index (χ4v) is 3.64. The molecule has 1 N–H and O–H groups in total. The Kier molecular flexibility index (Phi) is 4.62. The van der Waals surface area contributed by atoms with Gasteiger partial charge in [-0.25, -0.2) is 8.42 Å². The van der Waals surface area contributed by atoms with Crippen LogP contribution >= 0.6 is 11.3 Å². The molecule has 1 heterocycles. The minimum atomic E-state index is -3.11. The molecule has 0 aliphatic heterocycles. The topological polar surface area (TPSA) is 46.2 Å². The van der Waals surface area contributed by atoms with Crippen LogP contribution < -0.4 is 5.32 Å². The number of rotatable bonds is 5. The first-order valence-electron chi connectivity index (χ1n) is 6.44. The fraction of sp³-hybridized carbons (Fsp3) is 0.333. The van der Waals surface area contributed by atoms with Crippen LogP contribution in [0.3, 0.4) is 0 Å². The van der Waals surface area contributed by atoms with E-state index in [2.05, 4.69) is 30.6 Å². The Labute approximate surface area is 124 Å². The van der Waals surface area contributed by atoms with Crippen molar-refractivity contribution in [3.05, 3.63) is 51.7 Å². The highest BCUT2D eigenvalue weighted by molar-refractivity contribution is 7.90. The smallest absolute Gasteiger partial charge is 0.175 e. The van der Waals surface area contributed by atoms with Crippen LogP contribution in [0.4, 0.5) is 0 Å². The Morgan fingerprint density at radius 2 is 1.85 bits per heavy atom. The van der Waals surface area contributed by atoms with Crippen LogP contribution in [0.25, 0.3) is 0 Å². The third kappa shape index (κ3) is 3.69. The first-order valence-corrected chi connectivity index (χ1v) is 9.21. The lowest BCUT2D eigenvalue weighted by Crippen LogP contribution is -2.17. The van der Waals surface area contributed by atoms with Gasteiger partial charge in [-0.2, -0.15) is 0 Å². The molecule has 0 aliphatic carbocycles. The van der Waals surface area contributed by atoms with Crippen molar-refractivity contribution in [2.45, 2.75) is 31.3 Å². The summed E-state index contributed by atoms with van der Waals surface area (Å²) in [6.45, 7) is 4.98. The van der Waals surface area contributed by atoms with Crippen LogP contribution in [0.1, 0.15) is 29.0 Å². The van der Waals surface area contributed by atoms with Crippen LogP contribution in [-0.2, 0) is 16.4 Å². The van der Waals surface area contributed by atoms with Crippen LogP contribution in [0.2, 0.25) is 0 Å². The lowest BCUT2D eigenvalue weighted by atomic mass is 10.1. The van der Waals surface area contributed by atoms with Crippen molar-refractivity contribution < 1.29 is 8.42 Å². The van der Waals surface area contributed by atoms with Crippen LogP contribution in [0.5, 0.6) is 0 Å². The van der Waals surface area contributed by atoms with Crippen molar-refractivity contribution in [2.24, 2.45) is 0 Å². The second-order valence-electron chi connectivity index (χ2n) is 4.99. The molecule has 0 bridgehead atoms. The highest BCUT2D eigenvalue weighted by Crippen LogP contribution is 2.23. The van der Waals surface area contributed by atoms with Crippen molar-refractivity contribution in [1.29, 1.82) is 0 Å². The van der Waals surface area contributed by atoms with Gasteiger partial charge in [-0.05, 0) is 48.6 Å². The molecule has 1 atom stereocenters. The number of hydrogen-bond acceptors (Lipinski definition) is 4. The Morgan fingerprint density at radius 3 is 2.35 bits per heavy atom. The maximum atomic E-state index is 11.4. The summed E-state index contributed by atoms with van der Waals surface area (Å²) >= 11 is 1.76. The maximum absolute atomic E-state index is 11.4. The van der Waals surface area contributed by atoms with Gasteiger partial charge in [0.15, 0.2) is 9.84 Å². The molecule has 3 nitrogen and oxygen atoms in total. The van der Waals surface area contributed by atoms with E-state index in [0.29, 0.717) is 10.9 Å². The quantitative estimate of drug-likeness (QED) is 0.921. The molecule has 108 valence electrons. The molecule has 1 aromatic heterocycles. The second kappa shape index (κ2) is 6.08. The largest absolute Gasteiger partial charge is 0.305 e. The van der Waals surface area contributed by atoms with Gasteiger partial charge in [0.2, 0.25) is 0 Å². The maximum Gasteiger partial charge on any atom is 0.175 e. The third-order valence-corrected chi connectivity index (χ3v) is 5.59. The Morgan fingerprint density at radius 1 is 1.20 bits per heavy atom. The first kappa shape index (κ1) is 15.2. The summed E-state index contributed by atoms with van der Waals surface area (Å²) < 4.78 is 22.8. The molecule has 0 saturated carbocycles. The first-order chi connectivity index (χ1) is 9.38. The molecular weight excluding hydrogens is 290 g/mol. The third-order valence-electron chi connectivity index (χ3n) is 3.26. The second-order valence-corrected chi connectivity index (χ2v) is 7.95. The molecule has 1 unspecified atom stereocenters. The molecule has 0 saturated heterocycles. The summed E-state index contributed by atoms with van der Waals surface area (Å²) in [4.78, 5) is 1.71. The van der Waals surface area contributed by atoms with E-state index in [1.54, 1.807) is 23.5 Å². The van der Waals surface area contributed by atoms with Gasteiger partial charge in [0.05, 0.1) is 4.90 Å².